The maximum Gasteiger partial charge on any atom is 0.220 e. The largest absolute Gasteiger partial charge is 0.366 e. The van der Waals surface area contributed by atoms with Crippen LogP contribution in [0.4, 0.5) is 0 Å². The van der Waals surface area contributed by atoms with Crippen LogP contribution in [-0.2, 0) is 4.79 Å². The normalized spacial score (nSPS) is 12.7. The predicted octanol–water partition coefficient (Wildman–Crippen LogP) is 7.57. The Hall–Kier alpha value is -0.870. The molecule has 0 saturated carbocycles. The zero-order valence-corrected chi connectivity index (χ0v) is 21.5. The molecule has 190 valence electrons. The lowest BCUT2D eigenvalue weighted by atomic mass is 10.0. The van der Waals surface area contributed by atoms with Crippen LogP contribution in [0.3, 0.4) is 0 Å². The van der Waals surface area contributed by atoms with Gasteiger partial charge in [0.05, 0.1) is 6.04 Å². The van der Waals surface area contributed by atoms with Gasteiger partial charge in [0.15, 0.2) is 6.29 Å². The summed E-state index contributed by atoms with van der Waals surface area (Å²) in [6, 6.07) is -0.531. The Morgan fingerprint density at radius 1 is 0.656 bits per heavy atom. The number of nitrogens with one attached hydrogen (secondary N) is 1. The molecule has 0 radical (unpaired) electrons. The van der Waals surface area contributed by atoms with Crippen LogP contribution in [-0.4, -0.2) is 28.5 Å². The molecule has 0 aliphatic carbocycles. The Morgan fingerprint density at radius 3 is 1.59 bits per heavy atom. The highest BCUT2D eigenvalue weighted by molar-refractivity contribution is 5.76. The molecule has 4 heteroatoms. The molecule has 4 nitrogen and oxygen atoms in total. The molecular formula is C28H55NO3. The van der Waals surface area contributed by atoms with Crippen LogP contribution < -0.4 is 5.32 Å². The van der Waals surface area contributed by atoms with Gasteiger partial charge in [-0.15, -0.1) is 0 Å². The van der Waals surface area contributed by atoms with Crippen LogP contribution in [0.5, 0.6) is 0 Å². The minimum Gasteiger partial charge on any atom is -0.366 e. The molecule has 0 aromatic rings. The molecule has 0 fully saturated rings. The van der Waals surface area contributed by atoms with Gasteiger partial charge in [0.25, 0.3) is 0 Å². The number of unbranched alkanes of at least 4 members (excludes halogenated alkanes) is 16. The van der Waals surface area contributed by atoms with Gasteiger partial charge >= 0.3 is 0 Å². The van der Waals surface area contributed by atoms with Crippen molar-refractivity contribution in [1.29, 1.82) is 0 Å². The fourth-order valence-electron chi connectivity index (χ4n) is 4.08. The lowest BCUT2D eigenvalue weighted by Crippen LogP contribution is -2.43. The lowest BCUT2D eigenvalue weighted by Gasteiger charge is -2.20. The van der Waals surface area contributed by atoms with Crippen molar-refractivity contribution in [2.75, 3.05) is 0 Å². The monoisotopic (exact) mass is 453 g/mol. The highest BCUT2D eigenvalue weighted by Gasteiger charge is 2.18. The summed E-state index contributed by atoms with van der Waals surface area (Å²) in [5.41, 5.74) is 0. The fraction of sp³-hybridized carbons (Fsp3) is 0.893. The quantitative estimate of drug-likeness (QED) is 0.0801. The van der Waals surface area contributed by atoms with Crippen molar-refractivity contribution in [2.24, 2.45) is 0 Å². The van der Waals surface area contributed by atoms with Crippen LogP contribution >= 0.6 is 0 Å². The molecule has 0 saturated heterocycles. The first kappa shape index (κ1) is 31.1. The number of hydrogen-bond acceptors (Lipinski definition) is 3. The maximum atomic E-state index is 12.1. The lowest BCUT2D eigenvalue weighted by molar-refractivity contribution is -0.127. The van der Waals surface area contributed by atoms with Crippen LogP contribution in [0.2, 0.25) is 0 Å². The van der Waals surface area contributed by atoms with Gasteiger partial charge in [-0.1, -0.05) is 116 Å². The average Bonchev–Trinajstić information content (AvgIpc) is 2.77. The van der Waals surface area contributed by atoms with E-state index in [2.05, 4.69) is 31.3 Å². The number of allylic oxidation sites excluding steroid dienone is 2. The number of aliphatic hydroxyl groups excluding tert-OH is 1. The molecule has 1 amide bonds. The molecule has 32 heavy (non-hydrogen) atoms. The summed E-state index contributed by atoms with van der Waals surface area (Å²) in [6.07, 6.45) is 27.4. The van der Waals surface area contributed by atoms with E-state index in [1.807, 2.05) is 0 Å². The van der Waals surface area contributed by atoms with Gasteiger partial charge in [0.2, 0.25) is 5.91 Å². The van der Waals surface area contributed by atoms with Crippen molar-refractivity contribution >= 4 is 5.91 Å². The average molecular weight is 454 g/mol. The smallest absolute Gasteiger partial charge is 0.220 e. The molecule has 0 bridgehead atoms. The first-order valence-corrected chi connectivity index (χ1v) is 13.9. The van der Waals surface area contributed by atoms with Gasteiger partial charge in [-0.3, -0.25) is 4.79 Å². The molecule has 0 rings (SSSR count). The molecule has 0 aliphatic rings. The van der Waals surface area contributed by atoms with Crippen LogP contribution in [0.25, 0.3) is 0 Å². The van der Waals surface area contributed by atoms with Crippen molar-refractivity contribution in [3.05, 3.63) is 12.2 Å². The third kappa shape index (κ3) is 22.3. The van der Waals surface area contributed by atoms with E-state index in [0.29, 0.717) is 12.8 Å². The summed E-state index contributed by atoms with van der Waals surface area (Å²) in [5.74, 6) is -0.0493. The molecule has 1 atom stereocenters. The number of rotatable bonds is 24. The SMILES string of the molecule is CCCCCCCC/C=C\CCCCCCCC(=O)NC(CCCCCCCC)C(O)O. The van der Waals surface area contributed by atoms with E-state index in [1.54, 1.807) is 0 Å². The van der Waals surface area contributed by atoms with Crippen molar-refractivity contribution in [3.63, 3.8) is 0 Å². The van der Waals surface area contributed by atoms with E-state index in [4.69, 9.17) is 0 Å². The van der Waals surface area contributed by atoms with E-state index in [0.717, 1.165) is 25.7 Å². The van der Waals surface area contributed by atoms with Crippen LogP contribution in [0.15, 0.2) is 12.2 Å². The number of hydrogen-bond donors (Lipinski definition) is 3. The molecule has 0 aromatic carbocycles. The standard InChI is InChI=1S/C28H55NO3/c1-3-5-7-9-11-12-13-14-15-16-17-18-19-21-23-25-27(30)29-26(28(31)32)24-22-20-10-8-6-4-2/h14-15,26,28,31-32H,3-13,16-25H2,1-2H3,(H,29,30)/b15-14-. The second-order valence-corrected chi connectivity index (χ2v) is 9.48. The Bertz CT molecular complexity index is 423. The molecular weight excluding hydrogens is 398 g/mol. The minimum absolute atomic E-state index is 0.0493. The topological polar surface area (TPSA) is 69.6 Å². The van der Waals surface area contributed by atoms with E-state index in [-0.39, 0.29) is 5.91 Å². The molecule has 0 aromatic heterocycles. The van der Waals surface area contributed by atoms with Crippen molar-refractivity contribution < 1.29 is 15.0 Å². The summed E-state index contributed by atoms with van der Waals surface area (Å²) >= 11 is 0. The molecule has 0 heterocycles. The number of carbonyl (C=O) groups is 1. The van der Waals surface area contributed by atoms with E-state index in [1.165, 1.54) is 96.3 Å². The Morgan fingerprint density at radius 2 is 1.09 bits per heavy atom. The number of carbonyl (C=O) groups excluding carboxylic acids is 1. The second kappa shape index (κ2) is 24.8. The van der Waals surface area contributed by atoms with Crippen molar-refractivity contribution in [3.8, 4) is 0 Å². The third-order valence-electron chi connectivity index (χ3n) is 6.24. The van der Waals surface area contributed by atoms with Crippen molar-refractivity contribution in [1.82, 2.24) is 5.32 Å². The van der Waals surface area contributed by atoms with Crippen LogP contribution in [0, 0.1) is 0 Å². The predicted molar refractivity (Wildman–Crippen MR) is 138 cm³/mol. The number of amides is 1. The first-order chi connectivity index (χ1) is 15.6. The van der Waals surface area contributed by atoms with E-state index >= 15 is 0 Å². The van der Waals surface area contributed by atoms with Crippen LogP contribution in [0.1, 0.15) is 149 Å². The summed E-state index contributed by atoms with van der Waals surface area (Å²) in [5, 5.41) is 21.9. The summed E-state index contributed by atoms with van der Waals surface area (Å²) in [7, 11) is 0. The van der Waals surface area contributed by atoms with Gasteiger partial charge in [-0.25, -0.2) is 0 Å². The fourth-order valence-corrected chi connectivity index (χ4v) is 4.08. The maximum absolute atomic E-state index is 12.1. The highest BCUT2D eigenvalue weighted by Crippen LogP contribution is 2.12. The molecule has 3 N–H and O–H groups in total. The zero-order chi connectivity index (χ0) is 23.7. The summed E-state index contributed by atoms with van der Waals surface area (Å²) < 4.78 is 0. The van der Waals surface area contributed by atoms with Gasteiger partial charge in [-0.05, 0) is 38.5 Å². The zero-order valence-electron chi connectivity index (χ0n) is 21.5. The first-order valence-electron chi connectivity index (χ1n) is 13.9. The molecule has 0 spiro atoms. The van der Waals surface area contributed by atoms with E-state index < -0.39 is 12.3 Å². The van der Waals surface area contributed by atoms with Gasteiger partial charge in [-0.2, -0.15) is 0 Å². The Labute approximate surface area is 199 Å². The number of aliphatic hydroxyl groups is 2. The minimum atomic E-state index is -1.47. The highest BCUT2D eigenvalue weighted by atomic mass is 16.5. The molecule has 1 unspecified atom stereocenters. The summed E-state index contributed by atoms with van der Waals surface area (Å²) in [4.78, 5) is 12.1. The Kier molecular flexibility index (Phi) is 24.1. The third-order valence-corrected chi connectivity index (χ3v) is 6.24. The van der Waals surface area contributed by atoms with Gasteiger partial charge < -0.3 is 15.5 Å². The molecule has 0 aliphatic heterocycles. The van der Waals surface area contributed by atoms with Crippen molar-refractivity contribution in [2.45, 2.75) is 161 Å². The van der Waals surface area contributed by atoms with Gasteiger partial charge in [0, 0.05) is 6.42 Å². The van der Waals surface area contributed by atoms with E-state index in [9.17, 15) is 15.0 Å². The second-order valence-electron chi connectivity index (χ2n) is 9.48. The summed E-state index contributed by atoms with van der Waals surface area (Å²) in [6.45, 7) is 4.46. The Balaban J connectivity index is 3.57. The van der Waals surface area contributed by atoms with Gasteiger partial charge in [0.1, 0.15) is 0 Å².